The topological polar surface area (TPSA) is 107 Å². The molecule has 0 spiro atoms. The van der Waals surface area contributed by atoms with Crippen LogP contribution >= 0.6 is 11.8 Å². The number of hydrogen-bond acceptors (Lipinski definition) is 7. The summed E-state index contributed by atoms with van der Waals surface area (Å²) < 4.78 is 7.56. The van der Waals surface area contributed by atoms with Crippen LogP contribution in [-0.4, -0.2) is 57.3 Å². The first-order chi connectivity index (χ1) is 10.2. The SMILES string of the molecule is CNc1nc2nc(SC)[n+](C3C[C@H](O)[C@@H](CO)O3)cc2[nH]1. The average molecular weight is 312 g/mol. The van der Waals surface area contributed by atoms with E-state index in [9.17, 15) is 10.2 Å². The molecule has 3 atom stereocenters. The average Bonchev–Trinajstić information content (AvgIpc) is 3.07. The highest BCUT2D eigenvalue weighted by Gasteiger charge is 2.39. The second kappa shape index (κ2) is 5.76. The molecule has 1 aliphatic heterocycles. The summed E-state index contributed by atoms with van der Waals surface area (Å²) in [7, 11) is 1.78. The lowest BCUT2D eigenvalue weighted by atomic mass is 10.2. The van der Waals surface area contributed by atoms with Crippen molar-refractivity contribution < 1.29 is 19.5 Å². The van der Waals surface area contributed by atoms with Crippen LogP contribution in [0.15, 0.2) is 11.4 Å². The van der Waals surface area contributed by atoms with Crippen LogP contribution in [-0.2, 0) is 4.74 Å². The van der Waals surface area contributed by atoms with Gasteiger partial charge in [0.05, 0.1) is 12.7 Å². The maximum atomic E-state index is 9.88. The first-order valence-electron chi connectivity index (χ1n) is 6.64. The van der Waals surface area contributed by atoms with Crippen LogP contribution in [0.2, 0.25) is 0 Å². The summed E-state index contributed by atoms with van der Waals surface area (Å²) in [6.45, 7) is -0.198. The molecule has 1 saturated heterocycles. The Bertz CT molecular complexity index is 649. The second-order valence-corrected chi connectivity index (χ2v) is 5.60. The maximum Gasteiger partial charge on any atom is 0.363 e. The molecule has 3 rings (SSSR count). The molecule has 1 unspecified atom stereocenters. The molecule has 114 valence electrons. The van der Waals surface area contributed by atoms with Crippen molar-refractivity contribution in [2.75, 3.05) is 25.2 Å². The van der Waals surface area contributed by atoms with Crippen LogP contribution in [0.5, 0.6) is 0 Å². The molecule has 2 aromatic rings. The molecule has 0 aromatic carbocycles. The van der Waals surface area contributed by atoms with Gasteiger partial charge in [-0.1, -0.05) is 0 Å². The molecular weight excluding hydrogens is 294 g/mol. The molecule has 0 aliphatic carbocycles. The van der Waals surface area contributed by atoms with Crippen molar-refractivity contribution in [3.8, 4) is 0 Å². The highest BCUT2D eigenvalue weighted by molar-refractivity contribution is 7.98. The van der Waals surface area contributed by atoms with Crippen molar-refractivity contribution in [1.82, 2.24) is 15.0 Å². The number of nitrogens with one attached hydrogen (secondary N) is 2. The number of fused-ring (bicyclic) bond motifs is 1. The fourth-order valence-corrected chi connectivity index (χ4v) is 2.98. The summed E-state index contributed by atoms with van der Waals surface area (Å²) in [5.41, 5.74) is 1.40. The van der Waals surface area contributed by atoms with E-state index in [1.807, 2.05) is 17.0 Å². The summed E-state index contributed by atoms with van der Waals surface area (Å²) in [6, 6.07) is 0. The van der Waals surface area contributed by atoms with Crippen molar-refractivity contribution in [3.63, 3.8) is 0 Å². The molecule has 21 heavy (non-hydrogen) atoms. The van der Waals surface area contributed by atoms with E-state index in [4.69, 9.17) is 4.74 Å². The number of anilines is 1. The molecule has 0 amide bonds. The molecular formula is C12H18N5O3S+. The van der Waals surface area contributed by atoms with Crippen LogP contribution in [0.1, 0.15) is 12.6 Å². The number of aliphatic hydroxyl groups excluding tert-OH is 2. The maximum absolute atomic E-state index is 9.88. The number of aromatic amines is 1. The van der Waals surface area contributed by atoms with E-state index in [-0.39, 0.29) is 12.8 Å². The standard InChI is InChI=1S/C12H17N5O3S/c1-13-11-14-6-4-17(12(21-2)16-10(6)15-11)9-3-7(19)8(5-18)20-9/h4,7-9,18-19H,3,5H2,1-2H3,(H,13,14)/p+1/t7-,8+,9?/m0/s1. The second-order valence-electron chi connectivity index (χ2n) is 4.82. The van der Waals surface area contributed by atoms with Gasteiger partial charge in [0.15, 0.2) is 5.52 Å². The Hall–Kier alpha value is -1.42. The van der Waals surface area contributed by atoms with Gasteiger partial charge >= 0.3 is 5.16 Å². The third kappa shape index (κ3) is 2.57. The van der Waals surface area contributed by atoms with Crippen LogP contribution in [0.3, 0.4) is 0 Å². The number of thioether (sulfide) groups is 1. The number of H-pyrrole nitrogens is 1. The molecule has 9 heteroatoms. The van der Waals surface area contributed by atoms with E-state index in [0.717, 1.165) is 10.7 Å². The van der Waals surface area contributed by atoms with Crippen LogP contribution in [0.25, 0.3) is 11.2 Å². The smallest absolute Gasteiger partial charge is 0.363 e. The summed E-state index contributed by atoms with van der Waals surface area (Å²) in [5.74, 6) is 0.642. The van der Waals surface area contributed by atoms with Gasteiger partial charge in [0.2, 0.25) is 12.2 Å². The fourth-order valence-electron chi connectivity index (χ4n) is 2.42. The van der Waals surface area contributed by atoms with Gasteiger partial charge in [0, 0.05) is 13.5 Å². The van der Waals surface area contributed by atoms with Gasteiger partial charge in [-0.05, 0) is 23.0 Å². The Morgan fingerprint density at radius 3 is 3.00 bits per heavy atom. The fraction of sp³-hybridized carbons (Fsp3) is 0.583. The van der Waals surface area contributed by atoms with E-state index >= 15 is 0 Å². The number of aliphatic hydroxyl groups is 2. The third-order valence-electron chi connectivity index (χ3n) is 3.52. The van der Waals surface area contributed by atoms with Crippen LogP contribution in [0.4, 0.5) is 5.95 Å². The highest BCUT2D eigenvalue weighted by atomic mass is 32.2. The predicted octanol–water partition coefficient (Wildman–Crippen LogP) is -0.350. The van der Waals surface area contributed by atoms with Crippen molar-refractivity contribution in [2.24, 2.45) is 0 Å². The van der Waals surface area contributed by atoms with E-state index in [1.54, 1.807) is 7.05 Å². The lowest BCUT2D eigenvalue weighted by molar-refractivity contribution is -0.793. The van der Waals surface area contributed by atoms with E-state index in [1.165, 1.54) is 11.8 Å². The third-order valence-corrected chi connectivity index (χ3v) is 4.18. The largest absolute Gasteiger partial charge is 0.394 e. The van der Waals surface area contributed by atoms with E-state index in [0.29, 0.717) is 18.0 Å². The summed E-state index contributed by atoms with van der Waals surface area (Å²) in [4.78, 5) is 11.9. The Labute approximate surface area is 125 Å². The van der Waals surface area contributed by atoms with Crippen molar-refractivity contribution in [1.29, 1.82) is 0 Å². The van der Waals surface area contributed by atoms with Gasteiger partial charge in [-0.25, -0.2) is 0 Å². The number of ether oxygens (including phenoxy) is 1. The van der Waals surface area contributed by atoms with Gasteiger partial charge in [-0.2, -0.15) is 9.55 Å². The lowest BCUT2D eigenvalue weighted by Gasteiger charge is -2.11. The van der Waals surface area contributed by atoms with Gasteiger partial charge in [0.1, 0.15) is 12.3 Å². The molecule has 0 saturated carbocycles. The highest BCUT2D eigenvalue weighted by Crippen LogP contribution is 2.26. The predicted molar refractivity (Wildman–Crippen MR) is 77.0 cm³/mol. The number of aromatic nitrogens is 4. The Balaban J connectivity index is 2.00. The lowest BCUT2D eigenvalue weighted by Crippen LogP contribution is -2.42. The molecule has 8 nitrogen and oxygen atoms in total. The molecule has 1 aliphatic rings. The summed E-state index contributed by atoms with van der Waals surface area (Å²) >= 11 is 1.48. The Morgan fingerprint density at radius 2 is 2.38 bits per heavy atom. The number of nitrogens with zero attached hydrogens (tertiary/aromatic N) is 3. The van der Waals surface area contributed by atoms with Gasteiger partial charge < -0.3 is 25.3 Å². The first-order valence-corrected chi connectivity index (χ1v) is 7.86. The minimum atomic E-state index is -0.674. The van der Waals surface area contributed by atoms with Crippen molar-refractivity contribution in [2.45, 2.75) is 30.0 Å². The van der Waals surface area contributed by atoms with Crippen LogP contribution in [0, 0.1) is 0 Å². The minimum Gasteiger partial charge on any atom is -0.394 e. The van der Waals surface area contributed by atoms with Crippen LogP contribution < -0.4 is 9.88 Å². The minimum absolute atomic E-state index is 0.198. The molecule has 0 radical (unpaired) electrons. The Kier molecular flexibility index (Phi) is 3.98. The van der Waals surface area contributed by atoms with Crippen molar-refractivity contribution in [3.05, 3.63) is 6.20 Å². The zero-order valence-corrected chi connectivity index (χ0v) is 12.6. The monoisotopic (exact) mass is 312 g/mol. The number of hydrogen-bond donors (Lipinski definition) is 4. The van der Waals surface area contributed by atoms with Crippen molar-refractivity contribution >= 4 is 28.9 Å². The molecule has 0 bridgehead atoms. The first kappa shape index (κ1) is 14.5. The quantitative estimate of drug-likeness (QED) is 0.347. The van der Waals surface area contributed by atoms with Gasteiger partial charge in [0.25, 0.3) is 5.65 Å². The normalized spacial score (nSPS) is 25.6. The molecule has 3 heterocycles. The summed E-state index contributed by atoms with van der Waals surface area (Å²) in [5, 5.41) is 22.8. The van der Waals surface area contributed by atoms with Gasteiger partial charge in [-0.15, -0.1) is 0 Å². The number of imidazole rings is 1. The van der Waals surface area contributed by atoms with Gasteiger partial charge in [-0.3, -0.25) is 0 Å². The van der Waals surface area contributed by atoms with E-state index in [2.05, 4.69) is 20.3 Å². The molecule has 2 aromatic heterocycles. The van der Waals surface area contributed by atoms with E-state index < -0.39 is 12.2 Å². The zero-order chi connectivity index (χ0) is 15.0. The zero-order valence-electron chi connectivity index (χ0n) is 11.8. The Morgan fingerprint density at radius 1 is 1.57 bits per heavy atom. The molecule has 4 N–H and O–H groups in total. The summed E-state index contributed by atoms with van der Waals surface area (Å²) in [6.07, 6.45) is 2.64. The number of rotatable bonds is 4. The molecule has 1 fully saturated rings.